The average Bonchev–Trinajstić information content (AvgIpc) is 2.82. The molecule has 0 aliphatic heterocycles. The van der Waals surface area contributed by atoms with E-state index < -0.39 is 15.8 Å². The van der Waals surface area contributed by atoms with Crippen LogP contribution in [-0.4, -0.2) is 18.6 Å². The van der Waals surface area contributed by atoms with Gasteiger partial charge in [0.25, 0.3) is 0 Å². The second kappa shape index (κ2) is 6.10. The van der Waals surface area contributed by atoms with Gasteiger partial charge in [0.1, 0.15) is 10.7 Å². The number of halogens is 2. The number of sulfonamides is 1. The third-order valence-electron chi connectivity index (χ3n) is 2.87. The molecular weight excluding hydrogens is 319 g/mol. The lowest BCUT2D eigenvalue weighted by molar-refractivity contribution is 0.579. The van der Waals surface area contributed by atoms with Crippen LogP contribution < -0.4 is 10.5 Å². The van der Waals surface area contributed by atoms with Crippen molar-refractivity contribution in [3.63, 3.8) is 0 Å². The minimum absolute atomic E-state index is 0.00294. The van der Waals surface area contributed by atoms with Gasteiger partial charge in [-0.1, -0.05) is 17.7 Å². The molecule has 1 aromatic carbocycles. The van der Waals surface area contributed by atoms with Crippen LogP contribution in [0.4, 0.5) is 4.39 Å². The molecule has 21 heavy (non-hydrogen) atoms. The minimum atomic E-state index is -3.77. The molecule has 1 heterocycles. The molecule has 0 aliphatic rings. The van der Waals surface area contributed by atoms with Crippen LogP contribution in [0.2, 0.25) is 5.02 Å². The standard InChI is InChI=1S/C12H14ClFN4O2S/c1-7-12(11(5-15)18-17-7)21(19,20)16-6-8-2-3-10(14)9(13)4-8/h2-4,16H,5-6,15H2,1H3,(H,17,18). The van der Waals surface area contributed by atoms with Crippen LogP contribution in [0.1, 0.15) is 17.0 Å². The van der Waals surface area contributed by atoms with Crippen molar-refractivity contribution in [1.82, 2.24) is 14.9 Å². The molecule has 0 bridgehead atoms. The highest BCUT2D eigenvalue weighted by Gasteiger charge is 2.23. The van der Waals surface area contributed by atoms with Gasteiger partial charge in [0.15, 0.2) is 0 Å². The fourth-order valence-electron chi connectivity index (χ4n) is 1.86. The van der Waals surface area contributed by atoms with Gasteiger partial charge in [0, 0.05) is 13.1 Å². The first-order chi connectivity index (χ1) is 9.85. The molecule has 2 rings (SSSR count). The van der Waals surface area contributed by atoms with Gasteiger partial charge in [-0.25, -0.2) is 17.5 Å². The molecule has 1 aromatic heterocycles. The molecule has 0 saturated carbocycles. The van der Waals surface area contributed by atoms with Crippen molar-refractivity contribution in [2.75, 3.05) is 0 Å². The molecular formula is C12H14ClFN4O2S. The maximum Gasteiger partial charge on any atom is 0.244 e. The summed E-state index contributed by atoms with van der Waals surface area (Å²) in [4.78, 5) is 0.0400. The monoisotopic (exact) mass is 332 g/mol. The molecule has 9 heteroatoms. The predicted octanol–water partition coefficient (Wildman–Crippen LogP) is 1.45. The Bertz CT molecular complexity index is 761. The first-order valence-electron chi connectivity index (χ1n) is 6.02. The number of nitrogens with zero attached hydrogens (tertiary/aromatic N) is 1. The number of aryl methyl sites for hydroxylation is 1. The smallest absolute Gasteiger partial charge is 0.244 e. The second-order valence-corrected chi connectivity index (χ2v) is 6.51. The molecule has 0 atom stereocenters. The van der Waals surface area contributed by atoms with Gasteiger partial charge in [-0.2, -0.15) is 5.10 Å². The van der Waals surface area contributed by atoms with E-state index in [4.69, 9.17) is 17.3 Å². The summed E-state index contributed by atoms with van der Waals surface area (Å²) in [5, 5.41) is 6.37. The van der Waals surface area contributed by atoms with Gasteiger partial charge in [-0.3, -0.25) is 5.10 Å². The molecule has 4 N–H and O–H groups in total. The number of aromatic nitrogens is 2. The molecule has 114 valence electrons. The highest BCUT2D eigenvalue weighted by atomic mass is 35.5. The Hall–Kier alpha value is -1.48. The van der Waals surface area contributed by atoms with E-state index in [0.717, 1.165) is 0 Å². The number of rotatable bonds is 5. The van der Waals surface area contributed by atoms with Gasteiger partial charge >= 0.3 is 0 Å². The topological polar surface area (TPSA) is 101 Å². The molecule has 2 aromatic rings. The van der Waals surface area contributed by atoms with E-state index >= 15 is 0 Å². The van der Waals surface area contributed by atoms with E-state index in [1.807, 2.05) is 0 Å². The molecule has 0 aliphatic carbocycles. The fourth-order valence-corrected chi connectivity index (χ4v) is 3.46. The van der Waals surface area contributed by atoms with Crippen LogP contribution in [0, 0.1) is 12.7 Å². The predicted molar refractivity (Wildman–Crippen MR) is 76.7 cm³/mol. The lowest BCUT2D eigenvalue weighted by Crippen LogP contribution is -2.25. The van der Waals surface area contributed by atoms with Crippen molar-refractivity contribution in [2.24, 2.45) is 5.73 Å². The SMILES string of the molecule is Cc1[nH]nc(CN)c1S(=O)(=O)NCc1ccc(F)c(Cl)c1. The normalized spacial score (nSPS) is 11.8. The van der Waals surface area contributed by atoms with Crippen molar-refractivity contribution >= 4 is 21.6 Å². The summed E-state index contributed by atoms with van der Waals surface area (Å²) in [6.45, 7) is 1.58. The Morgan fingerprint density at radius 1 is 1.48 bits per heavy atom. The van der Waals surface area contributed by atoms with Crippen LogP contribution in [-0.2, 0) is 23.1 Å². The van der Waals surface area contributed by atoms with E-state index in [1.54, 1.807) is 6.92 Å². The number of nitrogens with two attached hydrogens (primary N) is 1. The van der Waals surface area contributed by atoms with Crippen molar-refractivity contribution in [2.45, 2.75) is 24.9 Å². The Morgan fingerprint density at radius 3 is 2.81 bits per heavy atom. The van der Waals surface area contributed by atoms with Gasteiger partial charge in [-0.15, -0.1) is 0 Å². The summed E-state index contributed by atoms with van der Waals surface area (Å²) in [7, 11) is -3.77. The molecule has 0 spiro atoms. The molecule has 6 nitrogen and oxygen atoms in total. The maximum absolute atomic E-state index is 13.1. The zero-order valence-electron chi connectivity index (χ0n) is 11.2. The zero-order chi connectivity index (χ0) is 15.6. The van der Waals surface area contributed by atoms with E-state index in [-0.39, 0.29) is 28.7 Å². The van der Waals surface area contributed by atoms with E-state index in [0.29, 0.717) is 11.3 Å². The number of aromatic amines is 1. The highest BCUT2D eigenvalue weighted by molar-refractivity contribution is 7.89. The number of hydrogen-bond acceptors (Lipinski definition) is 4. The third kappa shape index (κ3) is 3.41. The largest absolute Gasteiger partial charge is 0.325 e. The molecule has 0 fully saturated rings. The van der Waals surface area contributed by atoms with Crippen LogP contribution in [0.5, 0.6) is 0 Å². The molecule has 0 radical (unpaired) electrons. The Morgan fingerprint density at radius 2 is 2.19 bits per heavy atom. The van der Waals surface area contributed by atoms with Crippen molar-refractivity contribution in [1.29, 1.82) is 0 Å². The van der Waals surface area contributed by atoms with Crippen LogP contribution in [0.3, 0.4) is 0 Å². The van der Waals surface area contributed by atoms with Crippen LogP contribution in [0.25, 0.3) is 0 Å². The van der Waals surface area contributed by atoms with Gasteiger partial charge < -0.3 is 5.73 Å². The Balaban J connectivity index is 2.21. The van der Waals surface area contributed by atoms with Crippen molar-refractivity contribution in [3.05, 3.63) is 46.0 Å². The van der Waals surface area contributed by atoms with Gasteiger partial charge in [0.2, 0.25) is 10.0 Å². The van der Waals surface area contributed by atoms with Gasteiger partial charge in [-0.05, 0) is 24.6 Å². The molecule has 0 amide bonds. The summed E-state index contributed by atoms with van der Waals surface area (Å²) in [6, 6.07) is 4.00. The number of H-pyrrole nitrogens is 1. The minimum Gasteiger partial charge on any atom is -0.325 e. The Kier molecular flexibility index (Phi) is 4.62. The first kappa shape index (κ1) is 15.9. The fraction of sp³-hybridized carbons (Fsp3) is 0.250. The number of nitrogens with one attached hydrogen (secondary N) is 2. The van der Waals surface area contributed by atoms with Crippen molar-refractivity contribution in [3.8, 4) is 0 Å². The van der Waals surface area contributed by atoms with E-state index in [1.165, 1.54) is 18.2 Å². The quantitative estimate of drug-likeness (QED) is 0.771. The summed E-state index contributed by atoms with van der Waals surface area (Å²) in [5.41, 5.74) is 6.68. The highest BCUT2D eigenvalue weighted by Crippen LogP contribution is 2.19. The maximum atomic E-state index is 13.1. The van der Waals surface area contributed by atoms with E-state index in [2.05, 4.69) is 14.9 Å². The van der Waals surface area contributed by atoms with Crippen molar-refractivity contribution < 1.29 is 12.8 Å². The molecule has 0 unspecified atom stereocenters. The average molecular weight is 333 g/mol. The number of hydrogen-bond donors (Lipinski definition) is 3. The van der Waals surface area contributed by atoms with Crippen LogP contribution >= 0.6 is 11.6 Å². The van der Waals surface area contributed by atoms with E-state index in [9.17, 15) is 12.8 Å². The summed E-state index contributed by atoms with van der Waals surface area (Å²) in [6.07, 6.45) is 0. The first-order valence-corrected chi connectivity index (χ1v) is 7.88. The number of benzene rings is 1. The lowest BCUT2D eigenvalue weighted by Gasteiger charge is -2.08. The lowest BCUT2D eigenvalue weighted by atomic mass is 10.2. The van der Waals surface area contributed by atoms with Gasteiger partial charge in [0.05, 0.1) is 16.4 Å². The summed E-state index contributed by atoms with van der Waals surface area (Å²) in [5.74, 6) is -0.556. The summed E-state index contributed by atoms with van der Waals surface area (Å²) >= 11 is 5.65. The second-order valence-electron chi connectivity index (χ2n) is 4.40. The zero-order valence-corrected chi connectivity index (χ0v) is 12.7. The third-order valence-corrected chi connectivity index (χ3v) is 4.77. The Labute approximate surface area is 126 Å². The molecule has 0 saturated heterocycles. The van der Waals surface area contributed by atoms with Crippen LogP contribution in [0.15, 0.2) is 23.1 Å². The summed E-state index contributed by atoms with van der Waals surface area (Å²) < 4.78 is 40.0.